The zero-order valence-corrected chi connectivity index (χ0v) is 12.7. The molecule has 1 aromatic carbocycles. The van der Waals surface area contributed by atoms with Crippen molar-refractivity contribution in [2.75, 3.05) is 14.2 Å². The molecule has 0 unspecified atom stereocenters. The van der Waals surface area contributed by atoms with Crippen LogP contribution in [0.25, 0.3) is 0 Å². The van der Waals surface area contributed by atoms with E-state index in [2.05, 4.69) is 24.9 Å². The average molecular weight is 272 g/mol. The molecule has 0 radical (unpaired) electrons. The van der Waals surface area contributed by atoms with Gasteiger partial charge in [-0.2, -0.15) is 5.26 Å². The summed E-state index contributed by atoms with van der Waals surface area (Å²) >= 11 is 0. The van der Waals surface area contributed by atoms with E-state index >= 15 is 0 Å². The lowest BCUT2D eigenvalue weighted by Crippen LogP contribution is -2.34. The summed E-state index contributed by atoms with van der Waals surface area (Å²) in [6, 6.07) is 8.71. The van der Waals surface area contributed by atoms with Crippen LogP contribution in [0.3, 0.4) is 0 Å². The number of ether oxygens (including phenoxy) is 1. The van der Waals surface area contributed by atoms with Crippen LogP contribution in [0.1, 0.15) is 43.7 Å². The Hall–Kier alpha value is -1.53. The smallest absolute Gasteiger partial charge is 0.136 e. The molecule has 3 heteroatoms. The van der Waals surface area contributed by atoms with Crippen molar-refractivity contribution in [3.63, 3.8) is 0 Å². The molecule has 0 amide bonds. The van der Waals surface area contributed by atoms with Gasteiger partial charge in [0.25, 0.3) is 0 Å². The van der Waals surface area contributed by atoms with Gasteiger partial charge < -0.3 is 4.74 Å². The van der Waals surface area contributed by atoms with Crippen molar-refractivity contribution < 1.29 is 4.74 Å². The van der Waals surface area contributed by atoms with Crippen molar-refractivity contribution in [1.29, 1.82) is 5.26 Å². The maximum Gasteiger partial charge on any atom is 0.136 e. The predicted molar refractivity (Wildman–Crippen MR) is 80.6 cm³/mol. The fourth-order valence-electron chi connectivity index (χ4n) is 3.03. The zero-order valence-electron chi connectivity index (χ0n) is 12.7. The van der Waals surface area contributed by atoms with Gasteiger partial charge in [-0.15, -0.1) is 0 Å². The van der Waals surface area contributed by atoms with Crippen LogP contribution in [-0.4, -0.2) is 25.1 Å². The molecule has 1 aliphatic rings. The molecule has 0 saturated heterocycles. The molecule has 1 aliphatic carbocycles. The quantitative estimate of drug-likeness (QED) is 0.840. The Bertz CT molecular complexity index is 484. The third-order valence-corrected chi connectivity index (χ3v) is 4.43. The Morgan fingerprint density at radius 1 is 1.30 bits per heavy atom. The van der Waals surface area contributed by atoms with E-state index in [-0.39, 0.29) is 0 Å². The van der Waals surface area contributed by atoms with Crippen molar-refractivity contribution in [3.8, 4) is 11.8 Å². The third-order valence-electron chi connectivity index (χ3n) is 4.43. The topological polar surface area (TPSA) is 36.3 Å². The van der Waals surface area contributed by atoms with Crippen LogP contribution in [0.15, 0.2) is 18.2 Å². The second kappa shape index (κ2) is 6.76. The Labute approximate surface area is 122 Å². The van der Waals surface area contributed by atoms with Gasteiger partial charge in [0.2, 0.25) is 0 Å². The Morgan fingerprint density at radius 3 is 2.60 bits per heavy atom. The lowest BCUT2D eigenvalue weighted by atomic mass is 9.86. The highest BCUT2D eigenvalue weighted by atomic mass is 16.5. The first kappa shape index (κ1) is 14.9. The number of nitrogens with zero attached hydrogens (tertiary/aromatic N) is 2. The number of hydrogen-bond donors (Lipinski definition) is 0. The lowest BCUT2D eigenvalue weighted by molar-refractivity contribution is 0.164. The average Bonchev–Trinajstić information content (AvgIpc) is 2.47. The fraction of sp³-hybridized carbons (Fsp3) is 0.588. The molecule has 0 aromatic heterocycles. The van der Waals surface area contributed by atoms with E-state index in [9.17, 15) is 0 Å². The van der Waals surface area contributed by atoms with E-state index in [1.807, 2.05) is 18.2 Å². The van der Waals surface area contributed by atoms with Crippen LogP contribution in [0.4, 0.5) is 0 Å². The molecule has 1 fully saturated rings. The van der Waals surface area contributed by atoms with E-state index in [1.54, 1.807) is 7.11 Å². The summed E-state index contributed by atoms with van der Waals surface area (Å²) < 4.78 is 5.28. The first-order valence-electron chi connectivity index (χ1n) is 7.41. The largest absolute Gasteiger partial charge is 0.495 e. The molecule has 1 saturated carbocycles. The van der Waals surface area contributed by atoms with Crippen molar-refractivity contribution in [1.82, 2.24) is 4.90 Å². The predicted octanol–water partition coefficient (Wildman–Crippen LogP) is 3.58. The lowest BCUT2D eigenvalue weighted by Gasteiger charge is -2.33. The first-order valence-corrected chi connectivity index (χ1v) is 7.41. The van der Waals surface area contributed by atoms with Gasteiger partial charge in [-0.3, -0.25) is 4.90 Å². The van der Waals surface area contributed by atoms with Gasteiger partial charge in [0.05, 0.1) is 12.7 Å². The summed E-state index contributed by atoms with van der Waals surface area (Å²) in [5.74, 6) is 1.56. The Kier molecular flexibility index (Phi) is 5.03. The summed E-state index contributed by atoms with van der Waals surface area (Å²) in [6.45, 7) is 3.27. The molecule has 0 atom stereocenters. The van der Waals surface area contributed by atoms with Crippen LogP contribution >= 0.6 is 0 Å². The van der Waals surface area contributed by atoms with Gasteiger partial charge in [-0.25, -0.2) is 0 Å². The molecule has 1 aromatic rings. The molecule has 0 bridgehead atoms. The van der Waals surface area contributed by atoms with Crippen molar-refractivity contribution in [3.05, 3.63) is 29.3 Å². The molecule has 108 valence electrons. The van der Waals surface area contributed by atoms with E-state index < -0.39 is 0 Å². The first-order chi connectivity index (χ1) is 9.63. The molecule has 2 rings (SSSR count). The Balaban J connectivity index is 2.01. The summed E-state index contributed by atoms with van der Waals surface area (Å²) in [5.41, 5.74) is 1.81. The molecule has 0 spiro atoms. The fourth-order valence-corrected chi connectivity index (χ4v) is 3.03. The SMILES string of the molecule is COc1cc(CN(C)C2CCC(C)CC2)ccc1C#N. The summed E-state index contributed by atoms with van der Waals surface area (Å²) in [5, 5.41) is 9.01. The van der Waals surface area contributed by atoms with Gasteiger partial charge in [-0.05, 0) is 56.3 Å². The molecule has 0 N–H and O–H groups in total. The van der Waals surface area contributed by atoms with Gasteiger partial charge in [0, 0.05) is 12.6 Å². The van der Waals surface area contributed by atoms with Gasteiger partial charge in [0.1, 0.15) is 11.8 Å². The van der Waals surface area contributed by atoms with Crippen LogP contribution in [0.2, 0.25) is 0 Å². The van der Waals surface area contributed by atoms with E-state index in [0.717, 1.165) is 12.5 Å². The van der Waals surface area contributed by atoms with Crippen LogP contribution in [-0.2, 0) is 6.54 Å². The van der Waals surface area contributed by atoms with Crippen LogP contribution in [0, 0.1) is 17.2 Å². The van der Waals surface area contributed by atoms with Crippen molar-refractivity contribution in [2.45, 2.75) is 45.2 Å². The molecule has 3 nitrogen and oxygen atoms in total. The minimum absolute atomic E-state index is 0.602. The van der Waals surface area contributed by atoms with Crippen molar-refractivity contribution in [2.24, 2.45) is 5.92 Å². The van der Waals surface area contributed by atoms with E-state index in [1.165, 1.54) is 31.2 Å². The normalized spacial score (nSPS) is 22.6. The highest BCUT2D eigenvalue weighted by Crippen LogP contribution is 2.28. The van der Waals surface area contributed by atoms with Crippen LogP contribution in [0.5, 0.6) is 5.75 Å². The molecular formula is C17H24N2O. The minimum atomic E-state index is 0.602. The van der Waals surface area contributed by atoms with Gasteiger partial charge >= 0.3 is 0 Å². The number of nitriles is 1. The third kappa shape index (κ3) is 3.52. The van der Waals surface area contributed by atoms with E-state index in [4.69, 9.17) is 10.00 Å². The maximum atomic E-state index is 9.01. The number of benzene rings is 1. The minimum Gasteiger partial charge on any atom is -0.495 e. The Morgan fingerprint density at radius 2 is 2.00 bits per heavy atom. The number of hydrogen-bond acceptors (Lipinski definition) is 3. The van der Waals surface area contributed by atoms with Crippen molar-refractivity contribution >= 4 is 0 Å². The zero-order chi connectivity index (χ0) is 14.5. The molecule has 0 aliphatic heterocycles. The molecule has 0 heterocycles. The number of rotatable bonds is 4. The summed E-state index contributed by atoms with van der Waals surface area (Å²) in [6.07, 6.45) is 5.27. The van der Waals surface area contributed by atoms with Crippen LogP contribution < -0.4 is 4.74 Å². The summed E-state index contributed by atoms with van der Waals surface area (Å²) in [4.78, 5) is 2.44. The van der Waals surface area contributed by atoms with Gasteiger partial charge in [-0.1, -0.05) is 13.0 Å². The monoisotopic (exact) mass is 272 g/mol. The second-order valence-corrected chi connectivity index (χ2v) is 5.98. The number of methoxy groups -OCH3 is 1. The molecule has 20 heavy (non-hydrogen) atoms. The highest BCUT2D eigenvalue weighted by Gasteiger charge is 2.21. The van der Waals surface area contributed by atoms with Gasteiger partial charge in [0.15, 0.2) is 0 Å². The second-order valence-electron chi connectivity index (χ2n) is 5.98. The maximum absolute atomic E-state index is 9.01. The highest BCUT2D eigenvalue weighted by molar-refractivity contribution is 5.45. The van der Waals surface area contributed by atoms with E-state index in [0.29, 0.717) is 17.4 Å². The standard InChI is InChI=1S/C17H24N2O/c1-13-4-8-16(9-5-13)19(2)12-14-6-7-15(11-18)17(10-14)20-3/h6-7,10,13,16H,4-5,8-9,12H2,1-3H3. The summed E-state index contributed by atoms with van der Waals surface area (Å²) in [7, 11) is 3.82. The molecular weight excluding hydrogens is 248 g/mol.